The first-order valence-corrected chi connectivity index (χ1v) is 22.3. The normalized spacial score (nSPS) is 12.1. The highest BCUT2D eigenvalue weighted by atomic mass is 16.5. The summed E-state index contributed by atoms with van der Waals surface area (Å²) in [6, 6.07) is 11.7. The number of aliphatic imine (C=N–C) groups is 1. The number of hydrogen-bond acceptors (Lipinski definition) is 15. The van der Waals surface area contributed by atoms with Crippen LogP contribution >= 0.6 is 0 Å². The number of carbonyl (C=O) groups is 9. The van der Waals surface area contributed by atoms with Crippen LogP contribution in [0.2, 0.25) is 0 Å². The molecular weight excluding hydrogens is 969 g/mol. The van der Waals surface area contributed by atoms with Gasteiger partial charge in [-0.2, -0.15) is 0 Å². The molecule has 4 atom stereocenters. The quantitative estimate of drug-likeness (QED) is 0.0249. The Morgan fingerprint density at radius 3 is 1.32 bits per heavy atom. The first kappa shape index (κ1) is 57.1. The number of amides is 8. The molecule has 4 aromatic rings. The van der Waals surface area contributed by atoms with Gasteiger partial charge in [0.1, 0.15) is 41.1 Å². The lowest BCUT2D eigenvalue weighted by Crippen LogP contribution is -2.44. The van der Waals surface area contributed by atoms with Gasteiger partial charge in [-0.05, 0) is 106 Å². The first-order valence-electron chi connectivity index (χ1n) is 22.3. The number of nitrogens with two attached hydrogens (primary N) is 4. The van der Waals surface area contributed by atoms with Crippen LogP contribution in [0, 0.1) is 0 Å². The van der Waals surface area contributed by atoms with Gasteiger partial charge in [-0.15, -0.1) is 0 Å². The number of benzene rings is 4. The lowest BCUT2D eigenvalue weighted by atomic mass is 10.1. The maximum Gasteiger partial charge on any atom is 0.341 e. The van der Waals surface area contributed by atoms with Crippen LogP contribution in [-0.2, 0) is 24.0 Å². The number of rotatable bonds is 25. The Morgan fingerprint density at radius 1 is 0.541 bits per heavy atom. The van der Waals surface area contributed by atoms with Gasteiger partial charge in [0.15, 0.2) is 12.6 Å². The van der Waals surface area contributed by atoms with E-state index in [-0.39, 0.29) is 93.3 Å². The topological polar surface area (TPSA) is 411 Å². The van der Waals surface area contributed by atoms with E-state index in [1.807, 2.05) is 0 Å². The predicted octanol–water partition coefficient (Wildman–Crippen LogP) is 0.865. The molecule has 4 aromatic carbocycles. The molecule has 0 aliphatic carbocycles. The minimum absolute atomic E-state index is 0.0138. The Labute approximate surface area is 423 Å². The van der Waals surface area contributed by atoms with E-state index in [1.54, 1.807) is 0 Å². The van der Waals surface area contributed by atoms with Gasteiger partial charge in [0.2, 0.25) is 23.6 Å². The molecule has 0 aliphatic rings. The van der Waals surface area contributed by atoms with Crippen molar-refractivity contribution in [3.8, 4) is 23.0 Å². The highest BCUT2D eigenvalue weighted by Gasteiger charge is 2.27. The Balaban J connectivity index is 1.51. The SMILES string of the molecule is COc1ccc(NC(=O)[C@@H](C)NC(=O)c2cc(NC(=O)[C@@H](CCCN=C(N)N)NC(=O)c3cc(NC(=O)[C@@H](C)NC(=O)c4cc(NC(=O)[C@@H](C)N)ccc4OCC(=O)O)ccc3OC)ccc2OC)cc1C(N)=O. The van der Waals surface area contributed by atoms with Gasteiger partial charge in [-0.25, -0.2) is 4.79 Å². The number of nitrogens with zero attached hydrogens (tertiary/aromatic N) is 1. The minimum Gasteiger partial charge on any atom is -0.496 e. The zero-order valence-corrected chi connectivity index (χ0v) is 41.1. The second kappa shape index (κ2) is 26.7. The van der Waals surface area contributed by atoms with Crippen molar-refractivity contribution in [2.45, 2.75) is 57.8 Å². The van der Waals surface area contributed by atoms with E-state index in [1.165, 1.54) is 115 Å². The maximum absolute atomic E-state index is 14.0. The maximum atomic E-state index is 14.0. The summed E-state index contributed by atoms with van der Waals surface area (Å²) < 4.78 is 21.2. The Bertz CT molecular complexity index is 2820. The molecule has 74 heavy (non-hydrogen) atoms. The van der Waals surface area contributed by atoms with E-state index >= 15 is 0 Å². The van der Waals surface area contributed by atoms with Crippen LogP contribution in [0.25, 0.3) is 0 Å². The van der Waals surface area contributed by atoms with Crippen LogP contribution in [0.1, 0.15) is 75.0 Å². The lowest BCUT2D eigenvalue weighted by Gasteiger charge is -2.20. The van der Waals surface area contributed by atoms with E-state index in [4.69, 9.17) is 47.0 Å². The van der Waals surface area contributed by atoms with Gasteiger partial charge in [0.25, 0.3) is 23.6 Å². The molecule has 4 rings (SSSR count). The Morgan fingerprint density at radius 2 is 0.919 bits per heavy atom. The lowest BCUT2D eigenvalue weighted by molar-refractivity contribution is -0.139. The third kappa shape index (κ3) is 16.3. The fraction of sp³-hybridized carbons (Fsp3) is 0.292. The predicted molar refractivity (Wildman–Crippen MR) is 270 cm³/mol. The second-order valence-electron chi connectivity index (χ2n) is 16.1. The average Bonchev–Trinajstić information content (AvgIpc) is 3.36. The number of primary amides is 1. The number of carbonyl (C=O) groups excluding carboxylic acids is 8. The molecule has 0 aromatic heterocycles. The molecule has 26 heteroatoms. The Kier molecular flexibility index (Phi) is 20.6. The molecule has 0 heterocycles. The number of nitrogens with one attached hydrogen (secondary N) is 7. The van der Waals surface area contributed by atoms with Crippen molar-refractivity contribution in [2.75, 3.05) is 55.7 Å². The number of carboxylic acid groups (broad SMARTS) is 1. The van der Waals surface area contributed by atoms with Gasteiger partial charge in [-0.1, -0.05) is 0 Å². The van der Waals surface area contributed by atoms with Crippen molar-refractivity contribution >= 4 is 81.9 Å². The summed E-state index contributed by atoms with van der Waals surface area (Å²) >= 11 is 0. The number of anilines is 4. The van der Waals surface area contributed by atoms with Gasteiger partial charge in [0.05, 0.1) is 49.6 Å². The fourth-order valence-electron chi connectivity index (χ4n) is 6.63. The molecule has 0 unspecified atom stereocenters. The van der Waals surface area contributed by atoms with Crippen molar-refractivity contribution in [1.82, 2.24) is 16.0 Å². The van der Waals surface area contributed by atoms with Crippen molar-refractivity contribution < 1.29 is 67.2 Å². The van der Waals surface area contributed by atoms with Crippen molar-refractivity contribution in [2.24, 2.45) is 27.9 Å². The molecule has 8 amide bonds. The van der Waals surface area contributed by atoms with Gasteiger partial charge in [-0.3, -0.25) is 43.3 Å². The van der Waals surface area contributed by atoms with Gasteiger partial charge < -0.3 is 84.2 Å². The van der Waals surface area contributed by atoms with Crippen molar-refractivity contribution in [3.63, 3.8) is 0 Å². The minimum atomic E-state index is -1.33. The van der Waals surface area contributed by atoms with Gasteiger partial charge >= 0.3 is 5.97 Å². The summed E-state index contributed by atoms with van der Waals surface area (Å²) in [4.78, 5) is 121. The molecule has 0 fully saturated rings. The molecular formula is C48H58N12O14. The summed E-state index contributed by atoms with van der Waals surface area (Å²) in [6.07, 6.45) is 0.183. The van der Waals surface area contributed by atoms with E-state index in [9.17, 15) is 43.2 Å². The number of ether oxygens (including phenoxy) is 4. The van der Waals surface area contributed by atoms with E-state index in [0.717, 1.165) is 0 Å². The zero-order chi connectivity index (χ0) is 54.8. The molecule has 26 nitrogen and oxygen atoms in total. The zero-order valence-electron chi connectivity index (χ0n) is 41.1. The molecule has 0 radical (unpaired) electrons. The van der Waals surface area contributed by atoms with Crippen molar-refractivity contribution in [1.29, 1.82) is 0 Å². The van der Waals surface area contributed by atoms with Crippen LogP contribution in [0.3, 0.4) is 0 Å². The molecule has 394 valence electrons. The summed E-state index contributed by atoms with van der Waals surface area (Å²) in [6.45, 7) is 3.49. The number of methoxy groups -OCH3 is 3. The summed E-state index contributed by atoms with van der Waals surface area (Å²) in [5, 5.41) is 27.3. The summed E-state index contributed by atoms with van der Waals surface area (Å²) in [5.41, 5.74) is 22.1. The molecule has 0 saturated carbocycles. The molecule has 0 bridgehead atoms. The summed E-state index contributed by atoms with van der Waals surface area (Å²) in [5.74, 6) is -7.36. The highest BCUT2D eigenvalue weighted by molar-refractivity contribution is 6.07. The first-order chi connectivity index (χ1) is 35.0. The van der Waals surface area contributed by atoms with E-state index in [0.29, 0.717) is 0 Å². The molecule has 0 aliphatic heterocycles. The molecule has 0 saturated heterocycles. The smallest absolute Gasteiger partial charge is 0.341 e. The van der Waals surface area contributed by atoms with Crippen LogP contribution in [0.15, 0.2) is 77.8 Å². The number of hydrogen-bond donors (Lipinski definition) is 12. The fourth-order valence-corrected chi connectivity index (χ4v) is 6.63. The average molecular weight is 1030 g/mol. The van der Waals surface area contributed by atoms with E-state index in [2.05, 4.69) is 42.2 Å². The van der Waals surface area contributed by atoms with Crippen molar-refractivity contribution in [3.05, 3.63) is 95.1 Å². The number of guanidine groups is 1. The highest BCUT2D eigenvalue weighted by Crippen LogP contribution is 2.27. The summed E-state index contributed by atoms with van der Waals surface area (Å²) in [7, 11) is 3.95. The van der Waals surface area contributed by atoms with Crippen LogP contribution in [-0.4, -0.2) is 123 Å². The second-order valence-corrected chi connectivity index (χ2v) is 16.1. The van der Waals surface area contributed by atoms with Gasteiger partial charge in [0, 0.05) is 29.3 Å². The van der Waals surface area contributed by atoms with Crippen LogP contribution in [0.4, 0.5) is 22.7 Å². The molecule has 0 spiro atoms. The standard InChI is InChI=1S/C48H58N12O14/c1-23(49)41(64)56-27-12-16-38(74-22-39(61)62)33(21-27)45(68)55-25(3)43(66)58-28-10-14-37(73-6)32(19-28)46(69)60-34(8-7-17-53-48(51)52)47(70)59-29-11-15-36(72-5)31(20-29)44(67)54-24(2)42(65)57-26-9-13-35(71-4)30(18-26)40(50)63/h9-16,18-21,23-25,34H,7-8,17,22,49H2,1-6H3,(H2,50,63)(H,54,67)(H,55,68)(H,56,64)(H,57,65)(H,58,66)(H,59,70)(H,60,69)(H,61,62)(H4,51,52,53)/t23-,24-,25-,34-/m1/s1. The Hall–Kier alpha value is -9.46. The largest absolute Gasteiger partial charge is 0.496 e. The molecule has 16 N–H and O–H groups in total. The van der Waals surface area contributed by atoms with E-state index < -0.39 is 84.0 Å². The number of carboxylic acids is 1. The monoisotopic (exact) mass is 1030 g/mol. The third-order valence-electron chi connectivity index (χ3n) is 10.5. The third-order valence-corrected chi connectivity index (χ3v) is 10.5. The van der Waals surface area contributed by atoms with Crippen LogP contribution in [0.5, 0.6) is 23.0 Å². The number of aliphatic carboxylic acids is 1. The van der Waals surface area contributed by atoms with Crippen LogP contribution < -0.4 is 79.1 Å².